The Hall–Kier alpha value is -1.59. The lowest BCUT2D eigenvalue weighted by molar-refractivity contribution is -0.132. The third-order valence-electron chi connectivity index (χ3n) is 6.69. The second kappa shape index (κ2) is 5.80. The van der Waals surface area contributed by atoms with E-state index < -0.39 is 12.1 Å². The van der Waals surface area contributed by atoms with E-state index in [2.05, 4.69) is 17.5 Å². The number of nitrogens with zero attached hydrogens (tertiary/aromatic N) is 3. The molecule has 5 nitrogen and oxygen atoms in total. The molecule has 1 aliphatic heterocycles. The molecule has 1 N–H and O–H groups in total. The van der Waals surface area contributed by atoms with Crippen LogP contribution in [0.1, 0.15) is 44.9 Å². The Kier molecular flexibility index (Phi) is 3.77. The molecule has 0 aromatic carbocycles. The number of hydrogen-bond donors (Lipinski definition) is 1. The van der Waals surface area contributed by atoms with Crippen LogP contribution in [0.15, 0.2) is 0 Å². The maximum Gasteiger partial charge on any atom is 0.238 e. The van der Waals surface area contributed by atoms with E-state index in [1.54, 1.807) is 0 Å². The van der Waals surface area contributed by atoms with Crippen molar-refractivity contribution in [2.24, 2.45) is 23.7 Å². The van der Waals surface area contributed by atoms with Crippen LogP contribution >= 0.6 is 0 Å². The molecule has 0 aromatic rings. The first-order valence-corrected chi connectivity index (χ1v) is 9.03. The summed E-state index contributed by atoms with van der Waals surface area (Å²) in [5.74, 6) is 3.24. The first kappa shape index (κ1) is 15.0. The van der Waals surface area contributed by atoms with Crippen LogP contribution in [0.3, 0.4) is 0 Å². The van der Waals surface area contributed by atoms with E-state index >= 15 is 0 Å². The molecule has 0 unspecified atom stereocenters. The summed E-state index contributed by atoms with van der Waals surface area (Å²) in [7, 11) is 0. The normalized spacial score (nSPS) is 44.1. The van der Waals surface area contributed by atoms with Crippen LogP contribution in [0, 0.1) is 46.3 Å². The van der Waals surface area contributed by atoms with E-state index in [4.69, 9.17) is 0 Å². The second-order valence-corrected chi connectivity index (χ2v) is 8.01. The number of hydrogen-bond acceptors (Lipinski definition) is 4. The summed E-state index contributed by atoms with van der Waals surface area (Å²) in [4.78, 5) is 14.1. The molecule has 5 heteroatoms. The van der Waals surface area contributed by atoms with Gasteiger partial charge in [0.2, 0.25) is 5.91 Å². The Morgan fingerprint density at radius 3 is 1.96 bits per heavy atom. The quantitative estimate of drug-likeness (QED) is 0.862. The highest BCUT2D eigenvalue weighted by atomic mass is 16.2. The van der Waals surface area contributed by atoms with Gasteiger partial charge < -0.3 is 10.2 Å². The van der Waals surface area contributed by atoms with E-state index in [1.807, 2.05) is 0 Å². The van der Waals surface area contributed by atoms with E-state index in [0.29, 0.717) is 18.9 Å². The highest BCUT2D eigenvalue weighted by molar-refractivity contribution is 5.80. The average Bonchev–Trinajstić information content (AvgIpc) is 2.96. The van der Waals surface area contributed by atoms with Crippen molar-refractivity contribution in [3.63, 3.8) is 0 Å². The van der Waals surface area contributed by atoms with Crippen molar-refractivity contribution in [3.8, 4) is 12.1 Å². The van der Waals surface area contributed by atoms with Crippen LogP contribution in [0.5, 0.6) is 0 Å². The Morgan fingerprint density at radius 2 is 1.48 bits per heavy atom. The van der Waals surface area contributed by atoms with Gasteiger partial charge in [0, 0.05) is 6.04 Å². The molecule has 4 aliphatic carbocycles. The van der Waals surface area contributed by atoms with Crippen molar-refractivity contribution in [1.29, 1.82) is 10.5 Å². The highest BCUT2D eigenvalue weighted by Crippen LogP contribution is 2.53. The van der Waals surface area contributed by atoms with E-state index in [9.17, 15) is 15.3 Å². The summed E-state index contributed by atoms with van der Waals surface area (Å²) in [5, 5.41) is 21.9. The number of nitriles is 2. The largest absolute Gasteiger partial charge is 0.310 e. The molecule has 4 bridgehead atoms. The minimum Gasteiger partial charge on any atom is -0.310 e. The lowest BCUT2D eigenvalue weighted by Crippen LogP contribution is -2.56. The minimum absolute atomic E-state index is 0.0746. The summed E-state index contributed by atoms with van der Waals surface area (Å²) in [6, 6.07) is 3.97. The number of likely N-dealkylation sites (tertiary alicyclic amines) is 1. The first-order chi connectivity index (χ1) is 11.2. The number of rotatable bonds is 3. The van der Waals surface area contributed by atoms with Gasteiger partial charge in [-0.25, -0.2) is 0 Å². The van der Waals surface area contributed by atoms with Gasteiger partial charge in [-0.2, -0.15) is 10.5 Å². The van der Waals surface area contributed by atoms with Crippen LogP contribution in [0.4, 0.5) is 0 Å². The fourth-order valence-electron chi connectivity index (χ4n) is 5.97. The standard InChI is InChI=1S/C18H24N4O/c19-8-15-1-2-16(9-20)22(15)17(23)10-21-18-13-4-11-3-12(6-13)7-14(18)5-11/h11-16,18,21H,1-7,10H2/t11?,12?,13?,14?,15-,16-,18?/m1/s1. The maximum absolute atomic E-state index is 12.6. The Morgan fingerprint density at radius 1 is 0.957 bits per heavy atom. The smallest absolute Gasteiger partial charge is 0.238 e. The molecule has 4 saturated carbocycles. The fourth-order valence-corrected chi connectivity index (χ4v) is 5.97. The first-order valence-electron chi connectivity index (χ1n) is 9.03. The van der Waals surface area contributed by atoms with Gasteiger partial charge in [-0.3, -0.25) is 4.79 Å². The molecule has 5 fully saturated rings. The maximum atomic E-state index is 12.6. The number of carbonyl (C=O) groups excluding carboxylic acids is 1. The Bertz CT molecular complexity index is 525. The zero-order chi connectivity index (χ0) is 16.0. The van der Waals surface area contributed by atoms with Crippen molar-refractivity contribution >= 4 is 5.91 Å². The van der Waals surface area contributed by atoms with Crippen molar-refractivity contribution in [2.75, 3.05) is 6.54 Å². The molecule has 1 saturated heterocycles. The molecule has 23 heavy (non-hydrogen) atoms. The average molecular weight is 312 g/mol. The molecular weight excluding hydrogens is 288 g/mol. The van der Waals surface area contributed by atoms with Gasteiger partial charge in [-0.05, 0) is 68.6 Å². The number of amides is 1. The van der Waals surface area contributed by atoms with Crippen LogP contribution in [0.25, 0.3) is 0 Å². The summed E-state index contributed by atoms with van der Waals surface area (Å²) in [6.07, 6.45) is 7.97. The lowest BCUT2D eigenvalue weighted by Gasteiger charge is -2.54. The summed E-state index contributed by atoms with van der Waals surface area (Å²) in [6.45, 7) is 0.281. The molecule has 1 amide bonds. The van der Waals surface area contributed by atoms with Crippen LogP contribution < -0.4 is 5.32 Å². The van der Waals surface area contributed by atoms with Gasteiger partial charge in [0.05, 0.1) is 18.7 Å². The lowest BCUT2D eigenvalue weighted by atomic mass is 9.54. The predicted molar refractivity (Wildman–Crippen MR) is 83.7 cm³/mol. The third kappa shape index (κ3) is 2.52. The molecule has 122 valence electrons. The predicted octanol–water partition coefficient (Wildman–Crippen LogP) is 1.81. The molecule has 0 radical (unpaired) electrons. The third-order valence-corrected chi connectivity index (χ3v) is 6.69. The van der Waals surface area contributed by atoms with Gasteiger partial charge in [-0.1, -0.05) is 0 Å². The van der Waals surface area contributed by atoms with Crippen molar-refractivity contribution in [1.82, 2.24) is 10.2 Å². The SMILES string of the molecule is N#C[C@H]1CC[C@H](C#N)N1C(=O)CNC1C2CC3CC(C2)CC1C3. The van der Waals surface area contributed by atoms with Gasteiger partial charge in [0.15, 0.2) is 0 Å². The van der Waals surface area contributed by atoms with Crippen LogP contribution in [0.2, 0.25) is 0 Å². The van der Waals surface area contributed by atoms with Crippen molar-refractivity contribution in [3.05, 3.63) is 0 Å². The number of carbonyl (C=O) groups is 1. The monoisotopic (exact) mass is 312 g/mol. The fraction of sp³-hybridized carbons (Fsp3) is 0.833. The van der Waals surface area contributed by atoms with Gasteiger partial charge in [-0.15, -0.1) is 0 Å². The second-order valence-electron chi connectivity index (χ2n) is 8.01. The molecule has 0 spiro atoms. The van der Waals surface area contributed by atoms with E-state index in [-0.39, 0.29) is 12.5 Å². The summed E-state index contributed by atoms with van der Waals surface area (Å²) in [5.41, 5.74) is 0. The topological polar surface area (TPSA) is 79.9 Å². The molecule has 2 atom stereocenters. The zero-order valence-corrected chi connectivity index (χ0v) is 13.4. The molecule has 1 heterocycles. The molecule has 5 aliphatic rings. The highest BCUT2D eigenvalue weighted by Gasteiger charge is 2.48. The Labute approximate surface area is 137 Å². The summed E-state index contributed by atoms with van der Waals surface area (Å²) < 4.78 is 0. The van der Waals surface area contributed by atoms with Crippen LogP contribution in [-0.4, -0.2) is 35.5 Å². The van der Waals surface area contributed by atoms with Crippen molar-refractivity contribution < 1.29 is 4.79 Å². The number of nitrogens with one attached hydrogen (secondary N) is 1. The summed E-state index contributed by atoms with van der Waals surface area (Å²) >= 11 is 0. The van der Waals surface area contributed by atoms with Gasteiger partial charge >= 0.3 is 0 Å². The van der Waals surface area contributed by atoms with Crippen LogP contribution in [-0.2, 0) is 4.79 Å². The van der Waals surface area contributed by atoms with E-state index in [0.717, 1.165) is 23.7 Å². The Balaban J connectivity index is 1.38. The zero-order valence-electron chi connectivity index (χ0n) is 13.4. The minimum atomic E-state index is -0.424. The molecular formula is C18H24N4O. The molecule has 5 rings (SSSR count). The van der Waals surface area contributed by atoms with Gasteiger partial charge in [0.1, 0.15) is 12.1 Å². The molecule has 0 aromatic heterocycles. The van der Waals surface area contributed by atoms with Crippen molar-refractivity contribution in [2.45, 2.75) is 63.1 Å². The van der Waals surface area contributed by atoms with Gasteiger partial charge in [0.25, 0.3) is 0 Å². The van der Waals surface area contributed by atoms with E-state index in [1.165, 1.54) is 37.0 Å².